The van der Waals surface area contributed by atoms with Crippen LogP contribution in [-0.4, -0.2) is 55.2 Å². The van der Waals surface area contributed by atoms with E-state index in [1.54, 1.807) is 6.92 Å². The number of nitrogens with one attached hydrogen (secondary N) is 2. The predicted octanol–water partition coefficient (Wildman–Crippen LogP) is -0.0720. The van der Waals surface area contributed by atoms with Gasteiger partial charge < -0.3 is 21.1 Å². The molecule has 2 atom stereocenters. The lowest BCUT2D eigenvalue weighted by Gasteiger charge is -2.37. The molecule has 2 heterocycles. The minimum absolute atomic E-state index is 0.210. The summed E-state index contributed by atoms with van der Waals surface area (Å²) in [6.45, 7) is 5.81. The van der Waals surface area contributed by atoms with Crippen molar-refractivity contribution in [3.63, 3.8) is 0 Å². The van der Waals surface area contributed by atoms with Gasteiger partial charge in [-0.1, -0.05) is 0 Å². The maximum atomic E-state index is 12.0. The van der Waals surface area contributed by atoms with Crippen LogP contribution in [0.4, 0.5) is 4.79 Å². The molecular weight excluding hydrogens is 272 g/mol. The first-order valence-corrected chi connectivity index (χ1v) is 7.44. The van der Waals surface area contributed by atoms with E-state index in [0.29, 0.717) is 30.5 Å². The molecule has 0 radical (unpaired) electrons. The number of nitrogens with two attached hydrogens (primary N) is 1. The molecule has 7 nitrogen and oxygen atoms in total. The lowest BCUT2D eigenvalue weighted by atomic mass is 9.98. The monoisotopic (exact) mass is 296 g/mol. The standard InChI is InChI=1S/C14H24N4O3/c1-3-21-13(19)11-7-16-14(20)17-12(11)8-18-5-4-10(15)6-9(18)2/h9-10H,3-8,15H2,1-2H3,(H2,16,17,20). The van der Waals surface area contributed by atoms with Gasteiger partial charge in [0.25, 0.3) is 0 Å². The lowest BCUT2D eigenvalue weighted by molar-refractivity contribution is -0.138. The number of carbonyl (C=O) groups excluding carboxylic acids is 2. The molecule has 2 aliphatic heterocycles. The van der Waals surface area contributed by atoms with Gasteiger partial charge in [0.2, 0.25) is 0 Å². The third kappa shape index (κ3) is 3.95. The fourth-order valence-electron chi connectivity index (χ4n) is 2.78. The number of amides is 2. The van der Waals surface area contributed by atoms with Gasteiger partial charge in [0, 0.05) is 30.9 Å². The van der Waals surface area contributed by atoms with Crippen molar-refractivity contribution in [3.05, 3.63) is 11.3 Å². The number of rotatable bonds is 4. The predicted molar refractivity (Wildman–Crippen MR) is 78.4 cm³/mol. The van der Waals surface area contributed by atoms with Gasteiger partial charge in [-0.25, -0.2) is 9.59 Å². The Kier molecular flexibility index (Phi) is 5.19. The van der Waals surface area contributed by atoms with Crippen LogP contribution < -0.4 is 16.4 Å². The van der Waals surface area contributed by atoms with Crippen LogP contribution in [0.3, 0.4) is 0 Å². The summed E-state index contributed by atoms with van der Waals surface area (Å²) >= 11 is 0. The van der Waals surface area contributed by atoms with Crippen molar-refractivity contribution in [2.24, 2.45) is 5.73 Å². The molecule has 7 heteroatoms. The third-order valence-electron chi connectivity index (χ3n) is 3.99. The van der Waals surface area contributed by atoms with Gasteiger partial charge in [0.05, 0.1) is 18.7 Å². The Morgan fingerprint density at radius 1 is 1.52 bits per heavy atom. The fraction of sp³-hybridized carbons (Fsp3) is 0.714. The molecule has 1 saturated heterocycles. The SMILES string of the molecule is CCOC(=O)C1=C(CN2CCC(N)CC2C)NC(=O)NC1. The topological polar surface area (TPSA) is 96.7 Å². The highest BCUT2D eigenvalue weighted by Gasteiger charge is 2.28. The van der Waals surface area contributed by atoms with Crippen molar-refractivity contribution in [3.8, 4) is 0 Å². The molecule has 0 aromatic heterocycles. The molecule has 0 aromatic rings. The van der Waals surface area contributed by atoms with Crippen molar-refractivity contribution < 1.29 is 14.3 Å². The lowest BCUT2D eigenvalue weighted by Crippen LogP contribution is -2.51. The van der Waals surface area contributed by atoms with Gasteiger partial charge in [0.15, 0.2) is 0 Å². The first-order valence-electron chi connectivity index (χ1n) is 7.44. The molecule has 118 valence electrons. The van der Waals surface area contributed by atoms with Crippen LogP contribution in [0.1, 0.15) is 26.7 Å². The molecule has 1 fully saturated rings. The maximum Gasteiger partial charge on any atom is 0.337 e. The van der Waals surface area contributed by atoms with E-state index in [2.05, 4.69) is 22.5 Å². The van der Waals surface area contributed by atoms with Crippen molar-refractivity contribution >= 4 is 12.0 Å². The average molecular weight is 296 g/mol. The number of piperidine rings is 1. The Morgan fingerprint density at radius 3 is 2.95 bits per heavy atom. The van der Waals surface area contributed by atoms with Crippen LogP contribution in [0.2, 0.25) is 0 Å². The second kappa shape index (κ2) is 6.91. The number of esters is 1. The normalized spacial score (nSPS) is 27.1. The first kappa shape index (κ1) is 15.8. The molecule has 2 amide bonds. The molecule has 4 N–H and O–H groups in total. The van der Waals surface area contributed by atoms with Gasteiger partial charge in [-0.15, -0.1) is 0 Å². The highest BCUT2D eigenvalue weighted by atomic mass is 16.5. The van der Waals surface area contributed by atoms with Gasteiger partial charge in [-0.2, -0.15) is 0 Å². The number of nitrogens with zero attached hydrogens (tertiary/aromatic N) is 1. The van der Waals surface area contributed by atoms with E-state index < -0.39 is 0 Å². The second-order valence-electron chi connectivity index (χ2n) is 5.59. The smallest absolute Gasteiger partial charge is 0.337 e. The Labute approximate surface area is 124 Å². The Balaban J connectivity index is 2.12. The number of urea groups is 1. The highest BCUT2D eigenvalue weighted by Crippen LogP contribution is 2.18. The summed E-state index contributed by atoms with van der Waals surface area (Å²) in [5.74, 6) is -0.374. The zero-order valence-corrected chi connectivity index (χ0v) is 12.6. The molecule has 2 aliphatic rings. The Hall–Kier alpha value is -1.60. The molecule has 0 aliphatic carbocycles. The number of ether oxygens (including phenoxy) is 1. The van der Waals surface area contributed by atoms with Crippen LogP contribution in [0, 0.1) is 0 Å². The van der Waals surface area contributed by atoms with E-state index in [-0.39, 0.29) is 24.6 Å². The van der Waals surface area contributed by atoms with Crippen LogP contribution in [-0.2, 0) is 9.53 Å². The fourth-order valence-corrected chi connectivity index (χ4v) is 2.78. The quantitative estimate of drug-likeness (QED) is 0.631. The number of likely N-dealkylation sites (tertiary alicyclic amines) is 1. The van der Waals surface area contributed by atoms with Crippen molar-refractivity contribution in [2.75, 3.05) is 26.2 Å². The molecule has 2 rings (SSSR count). The van der Waals surface area contributed by atoms with Gasteiger partial charge in [-0.05, 0) is 26.7 Å². The summed E-state index contributed by atoms with van der Waals surface area (Å²) in [6.07, 6.45) is 1.85. The first-order chi connectivity index (χ1) is 10.0. The number of hydrogen-bond donors (Lipinski definition) is 3. The summed E-state index contributed by atoms with van der Waals surface area (Å²) in [4.78, 5) is 25.7. The second-order valence-corrected chi connectivity index (χ2v) is 5.59. The molecule has 0 spiro atoms. The van der Waals surface area contributed by atoms with E-state index in [4.69, 9.17) is 10.5 Å². The van der Waals surface area contributed by atoms with Crippen molar-refractivity contribution in [1.29, 1.82) is 0 Å². The molecule has 21 heavy (non-hydrogen) atoms. The van der Waals surface area contributed by atoms with E-state index >= 15 is 0 Å². The summed E-state index contributed by atoms with van der Waals surface area (Å²) < 4.78 is 5.05. The molecule has 0 saturated carbocycles. The van der Waals surface area contributed by atoms with Gasteiger partial charge in [0.1, 0.15) is 0 Å². The minimum Gasteiger partial charge on any atom is -0.463 e. The third-order valence-corrected chi connectivity index (χ3v) is 3.99. The van der Waals surface area contributed by atoms with E-state index in [9.17, 15) is 9.59 Å². The number of carbonyl (C=O) groups is 2. The molecule has 0 bridgehead atoms. The molecule has 0 aromatic carbocycles. The zero-order chi connectivity index (χ0) is 15.4. The molecule has 2 unspecified atom stereocenters. The number of hydrogen-bond acceptors (Lipinski definition) is 5. The van der Waals surface area contributed by atoms with Crippen LogP contribution >= 0.6 is 0 Å². The Morgan fingerprint density at radius 2 is 2.29 bits per heavy atom. The van der Waals surface area contributed by atoms with E-state index in [0.717, 1.165) is 19.4 Å². The van der Waals surface area contributed by atoms with E-state index in [1.165, 1.54) is 0 Å². The molecular formula is C14H24N4O3. The summed E-state index contributed by atoms with van der Waals surface area (Å²) in [7, 11) is 0. The van der Waals surface area contributed by atoms with E-state index in [1.807, 2.05) is 0 Å². The largest absolute Gasteiger partial charge is 0.463 e. The van der Waals surface area contributed by atoms with Crippen molar-refractivity contribution in [1.82, 2.24) is 15.5 Å². The summed E-state index contributed by atoms with van der Waals surface area (Å²) in [5, 5.41) is 5.35. The van der Waals surface area contributed by atoms with Crippen LogP contribution in [0.15, 0.2) is 11.3 Å². The average Bonchev–Trinajstić information content (AvgIpc) is 2.42. The zero-order valence-electron chi connectivity index (χ0n) is 12.6. The van der Waals surface area contributed by atoms with Crippen LogP contribution in [0.5, 0.6) is 0 Å². The van der Waals surface area contributed by atoms with Crippen molar-refractivity contribution in [2.45, 2.75) is 38.8 Å². The van der Waals surface area contributed by atoms with Crippen LogP contribution in [0.25, 0.3) is 0 Å². The maximum absolute atomic E-state index is 12.0. The Bertz CT molecular complexity index is 450. The van der Waals surface area contributed by atoms with Gasteiger partial charge in [-0.3, -0.25) is 4.90 Å². The summed E-state index contributed by atoms with van der Waals surface area (Å²) in [5.41, 5.74) is 7.10. The van der Waals surface area contributed by atoms with Gasteiger partial charge >= 0.3 is 12.0 Å². The summed E-state index contributed by atoms with van der Waals surface area (Å²) in [6, 6.07) is 0.285. The minimum atomic E-state index is -0.374. The highest BCUT2D eigenvalue weighted by molar-refractivity contribution is 5.93.